The summed E-state index contributed by atoms with van der Waals surface area (Å²) in [5, 5.41) is 0. The molecule has 3 aromatic rings. The molecule has 1 aromatic carbocycles. The molecule has 0 radical (unpaired) electrons. The number of hydrogen-bond donors (Lipinski definition) is 0. The summed E-state index contributed by atoms with van der Waals surface area (Å²) < 4.78 is 6.88. The van der Waals surface area contributed by atoms with Gasteiger partial charge in [-0.25, -0.2) is 9.78 Å². The van der Waals surface area contributed by atoms with Gasteiger partial charge in [-0.15, -0.1) is 0 Å². The highest BCUT2D eigenvalue weighted by molar-refractivity contribution is 5.67. The minimum Gasteiger partial charge on any atom is -0.406 e. The second kappa shape index (κ2) is 6.61. The Bertz CT molecular complexity index is 861. The minimum absolute atomic E-state index is 0.317. The smallest absolute Gasteiger partial charge is 0.406 e. The van der Waals surface area contributed by atoms with Crippen LogP contribution in [0.4, 0.5) is 0 Å². The number of oxazole rings is 1. The monoisotopic (exact) mass is 323 g/mol. The van der Waals surface area contributed by atoms with Gasteiger partial charge in [0.1, 0.15) is 0 Å². The first-order valence-electron chi connectivity index (χ1n) is 8.53. The van der Waals surface area contributed by atoms with Gasteiger partial charge >= 0.3 is 5.76 Å². The van der Waals surface area contributed by atoms with Crippen molar-refractivity contribution in [1.29, 1.82) is 0 Å². The molecule has 0 unspecified atom stereocenters. The predicted octanol–water partition coefficient (Wildman–Crippen LogP) is 2.87. The molecule has 1 fully saturated rings. The zero-order valence-corrected chi connectivity index (χ0v) is 13.6. The van der Waals surface area contributed by atoms with E-state index in [-0.39, 0.29) is 5.76 Å². The topological polar surface area (TPSA) is 51.3 Å². The fraction of sp³-hybridized carbons (Fsp3) is 0.368. The Morgan fingerprint density at radius 1 is 1.04 bits per heavy atom. The number of benzene rings is 1. The van der Waals surface area contributed by atoms with Crippen molar-refractivity contribution in [2.75, 3.05) is 19.6 Å². The number of nitrogens with zero attached hydrogens (tertiary/aromatic N) is 3. The van der Waals surface area contributed by atoms with Crippen LogP contribution in [0, 0.1) is 0 Å². The summed E-state index contributed by atoms with van der Waals surface area (Å²) in [5.74, 6) is 0.337. The van der Waals surface area contributed by atoms with Crippen LogP contribution in [-0.4, -0.2) is 34.1 Å². The Labute approximate surface area is 140 Å². The molecule has 1 aliphatic rings. The summed E-state index contributed by atoms with van der Waals surface area (Å²) >= 11 is 0. The molecule has 1 aliphatic heterocycles. The first-order chi connectivity index (χ1) is 11.8. The molecule has 4 rings (SSSR count). The van der Waals surface area contributed by atoms with Crippen molar-refractivity contribution < 1.29 is 4.42 Å². The zero-order chi connectivity index (χ0) is 16.4. The molecule has 24 heavy (non-hydrogen) atoms. The SMILES string of the molecule is O=c1oc2cccnc2n1CCN1CCC(c2ccccc2)CC1. The zero-order valence-electron chi connectivity index (χ0n) is 13.6. The first kappa shape index (κ1) is 15.1. The number of piperidine rings is 1. The van der Waals surface area contributed by atoms with Crippen LogP contribution in [0.2, 0.25) is 0 Å². The number of hydrogen-bond acceptors (Lipinski definition) is 4. The van der Waals surface area contributed by atoms with Gasteiger partial charge < -0.3 is 9.32 Å². The van der Waals surface area contributed by atoms with E-state index < -0.39 is 0 Å². The van der Waals surface area contributed by atoms with Gasteiger partial charge in [0.25, 0.3) is 0 Å². The van der Waals surface area contributed by atoms with E-state index in [1.54, 1.807) is 22.9 Å². The van der Waals surface area contributed by atoms with Crippen molar-refractivity contribution in [3.8, 4) is 0 Å². The third kappa shape index (κ3) is 2.99. The van der Waals surface area contributed by atoms with Crippen LogP contribution in [0.3, 0.4) is 0 Å². The molecular weight excluding hydrogens is 302 g/mol. The lowest BCUT2D eigenvalue weighted by Gasteiger charge is -2.32. The van der Waals surface area contributed by atoms with Gasteiger partial charge in [0.15, 0.2) is 11.2 Å². The quantitative estimate of drug-likeness (QED) is 0.741. The molecule has 0 bridgehead atoms. The average molecular weight is 323 g/mol. The average Bonchev–Trinajstić information content (AvgIpc) is 2.96. The van der Waals surface area contributed by atoms with Crippen LogP contribution in [-0.2, 0) is 6.54 Å². The van der Waals surface area contributed by atoms with Gasteiger partial charge in [0.2, 0.25) is 0 Å². The maximum atomic E-state index is 12.0. The maximum absolute atomic E-state index is 12.0. The second-order valence-electron chi connectivity index (χ2n) is 6.37. The summed E-state index contributed by atoms with van der Waals surface area (Å²) in [6.07, 6.45) is 4.03. The van der Waals surface area contributed by atoms with Crippen molar-refractivity contribution in [1.82, 2.24) is 14.5 Å². The predicted molar refractivity (Wildman–Crippen MR) is 93.1 cm³/mol. The summed E-state index contributed by atoms with van der Waals surface area (Å²) in [5.41, 5.74) is 2.64. The lowest BCUT2D eigenvalue weighted by molar-refractivity contribution is 0.204. The summed E-state index contributed by atoms with van der Waals surface area (Å²) in [6, 6.07) is 14.3. The van der Waals surface area contributed by atoms with Gasteiger partial charge in [-0.1, -0.05) is 30.3 Å². The van der Waals surface area contributed by atoms with Gasteiger partial charge in [0, 0.05) is 19.3 Å². The number of aromatic nitrogens is 2. The molecule has 0 N–H and O–H groups in total. The van der Waals surface area contributed by atoms with Gasteiger partial charge in [-0.05, 0) is 49.5 Å². The Morgan fingerprint density at radius 3 is 2.62 bits per heavy atom. The van der Waals surface area contributed by atoms with Crippen LogP contribution >= 0.6 is 0 Å². The number of pyridine rings is 1. The fourth-order valence-corrected chi connectivity index (χ4v) is 3.55. The van der Waals surface area contributed by atoms with Crippen molar-refractivity contribution in [2.24, 2.45) is 0 Å². The first-order valence-corrected chi connectivity index (χ1v) is 8.53. The Balaban J connectivity index is 1.37. The molecule has 5 heteroatoms. The normalized spacial score (nSPS) is 16.7. The Hall–Kier alpha value is -2.40. The van der Waals surface area contributed by atoms with E-state index in [1.807, 2.05) is 0 Å². The van der Waals surface area contributed by atoms with Crippen molar-refractivity contribution in [2.45, 2.75) is 25.3 Å². The molecule has 0 aliphatic carbocycles. The van der Waals surface area contributed by atoms with Crippen LogP contribution in [0.5, 0.6) is 0 Å². The number of rotatable bonds is 4. The van der Waals surface area contributed by atoms with E-state index in [0.717, 1.165) is 19.6 Å². The van der Waals surface area contributed by atoms with Crippen LogP contribution in [0.15, 0.2) is 57.9 Å². The molecule has 3 heterocycles. The van der Waals surface area contributed by atoms with E-state index in [9.17, 15) is 4.79 Å². The highest BCUT2D eigenvalue weighted by atomic mass is 16.4. The van der Waals surface area contributed by atoms with Gasteiger partial charge in [-0.3, -0.25) is 4.57 Å². The summed E-state index contributed by atoms with van der Waals surface area (Å²) in [7, 11) is 0. The molecule has 0 atom stereocenters. The van der Waals surface area contributed by atoms with Crippen LogP contribution in [0.1, 0.15) is 24.3 Å². The number of likely N-dealkylation sites (tertiary alicyclic amines) is 1. The van der Waals surface area contributed by atoms with Crippen LogP contribution in [0.25, 0.3) is 11.2 Å². The minimum atomic E-state index is -0.317. The van der Waals surface area contributed by atoms with Crippen LogP contribution < -0.4 is 5.76 Å². The third-order valence-corrected chi connectivity index (χ3v) is 4.92. The molecule has 5 nitrogen and oxygen atoms in total. The highest BCUT2D eigenvalue weighted by Crippen LogP contribution is 2.27. The molecular formula is C19H21N3O2. The lowest BCUT2D eigenvalue weighted by atomic mass is 9.89. The van der Waals surface area contributed by atoms with Crippen molar-refractivity contribution in [3.63, 3.8) is 0 Å². The maximum Gasteiger partial charge on any atom is 0.421 e. The van der Waals surface area contributed by atoms with E-state index >= 15 is 0 Å². The molecule has 1 saturated heterocycles. The number of fused-ring (bicyclic) bond motifs is 1. The standard InChI is InChI=1S/C19H21N3O2/c23-19-22(18-17(24-19)7-4-10-20-18)14-13-21-11-8-16(9-12-21)15-5-2-1-3-6-15/h1-7,10,16H,8-9,11-14H2. The molecule has 0 spiro atoms. The Kier molecular flexibility index (Phi) is 4.17. The Morgan fingerprint density at radius 2 is 1.83 bits per heavy atom. The van der Waals surface area contributed by atoms with E-state index in [0.29, 0.717) is 23.7 Å². The van der Waals surface area contributed by atoms with E-state index in [1.165, 1.54) is 18.4 Å². The third-order valence-electron chi connectivity index (χ3n) is 4.92. The highest BCUT2D eigenvalue weighted by Gasteiger charge is 2.20. The largest absolute Gasteiger partial charge is 0.421 e. The summed E-state index contributed by atoms with van der Waals surface area (Å²) in [4.78, 5) is 18.7. The second-order valence-corrected chi connectivity index (χ2v) is 6.37. The molecule has 0 saturated carbocycles. The van der Waals surface area contributed by atoms with E-state index in [4.69, 9.17) is 4.42 Å². The van der Waals surface area contributed by atoms with Crippen molar-refractivity contribution in [3.05, 3.63) is 64.8 Å². The molecule has 2 aromatic heterocycles. The fourth-order valence-electron chi connectivity index (χ4n) is 3.55. The summed E-state index contributed by atoms with van der Waals surface area (Å²) in [6.45, 7) is 3.61. The van der Waals surface area contributed by atoms with Gasteiger partial charge in [-0.2, -0.15) is 0 Å². The van der Waals surface area contributed by atoms with Gasteiger partial charge in [0.05, 0.1) is 0 Å². The molecule has 0 amide bonds. The van der Waals surface area contributed by atoms with Crippen molar-refractivity contribution >= 4 is 11.2 Å². The van der Waals surface area contributed by atoms with E-state index in [2.05, 4.69) is 40.2 Å². The lowest BCUT2D eigenvalue weighted by Crippen LogP contribution is -2.36. The molecule has 124 valence electrons.